The molecule has 0 unspecified atom stereocenters. The van der Waals surface area contributed by atoms with E-state index in [1.54, 1.807) is 0 Å². The molecule has 0 aromatic heterocycles. The van der Waals surface area contributed by atoms with E-state index in [-0.39, 0.29) is 0 Å². The lowest BCUT2D eigenvalue weighted by atomic mass is 10.1. The van der Waals surface area contributed by atoms with Crippen LogP contribution < -0.4 is 0 Å². The highest BCUT2D eigenvalue weighted by atomic mass is 32.2. The molecule has 1 aromatic carbocycles. The summed E-state index contributed by atoms with van der Waals surface area (Å²) in [5.74, 6) is 0. The van der Waals surface area contributed by atoms with Gasteiger partial charge in [-0.3, -0.25) is 10.2 Å². The number of hydrogen-bond acceptors (Lipinski definition) is 3. The maximum atomic E-state index is 10.0. The summed E-state index contributed by atoms with van der Waals surface area (Å²) in [6.07, 6.45) is 4.93. The first-order valence-electron chi connectivity index (χ1n) is 4.34. The van der Waals surface area contributed by atoms with Crippen molar-refractivity contribution in [1.29, 1.82) is 5.41 Å². The molecule has 0 aliphatic carbocycles. The molecule has 0 atom stereocenters. The maximum absolute atomic E-state index is 10.0. The van der Waals surface area contributed by atoms with Crippen molar-refractivity contribution in [3.63, 3.8) is 0 Å². The lowest BCUT2D eigenvalue weighted by Crippen LogP contribution is -1.93. The second kappa shape index (κ2) is 5.60. The van der Waals surface area contributed by atoms with E-state index >= 15 is 0 Å². The Labute approximate surface area is 88.2 Å². The van der Waals surface area contributed by atoms with Crippen LogP contribution in [0.1, 0.15) is 17.5 Å². The van der Waals surface area contributed by atoms with Crippen molar-refractivity contribution in [2.24, 2.45) is 0 Å². The van der Waals surface area contributed by atoms with Gasteiger partial charge < -0.3 is 0 Å². The molecular formula is C11H12NOS. The van der Waals surface area contributed by atoms with E-state index in [9.17, 15) is 4.79 Å². The fraction of sp³-hybridized carbons (Fsp3) is 0.273. The van der Waals surface area contributed by atoms with Crippen LogP contribution in [-0.4, -0.2) is 17.6 Å². The number of nitrogens with one attached hydrogen (secondary N) is 1. The number of aryl methyl sites for hydroxylation is 1. The minimum absolute atomic E-state index is 0.444. The van der Waals surface area contributed by atoms with Crippen LogP contribution in [0.2, 0.25) is 0 Å². The molecular weight excluding hydrogens is 194 g/mol. The molecule has 0 amide bonds. The topological polar surface area (TPSA) is 40.9 Å². The molecule has 0 heterocycles. The van der Waals surface area contributed by atoms with Gasteiger partial charge in [-0.2, -0.15) is 0 Å². The number of hydrogen-bond donors (Lipinski definition) is 1. The van der Waals surface area contributed by atoms with Crippen molar-refractivity contribution < 1.29 is 4.79 Å². The first kappa shape index (κ1) is 11.0. The summed E-state index contributed by atoms with van der Waals surface area (Å²) >= 11 is 1.42. The number of carbonyl (C=O) groups excluding carboxylic acids is 1. The Kier molecular flexibility index (Phi) is 4.40. The molecule has 3 heteroatoms. The van der Waals surface area contributed by atoms with E-state index < -0.39 is 0 Å². The summed E-state index contributed by atoms with van der Waals surface area (Å²) < 4.78 is 0. The van der Waals surface area contributed by atoms with E-state index in [1.807, 2.05) is 36.8 Å². The highest BCUT2D eigenvalue weighted by Crippen LogP contribution is 2.11. The minimum Gasteiger partial charge on any atom is -0.293 e. The zero-order valence-corrected chi connectivity index (χ0v) is 8.86. The predicted octanol–water partition coefficient (Wildman–Crippen LogP) is 2.42. The third-order valence-electron chi connectivity index (χ3n) is 1.94. The van der Waals surface area contributed by atoms with Crippen molar-refractivity contribution in [1.82, 2.24) is 0 Å². The minimum atomic E-state index is 0.444. The Morgan fingerprint density at radius 3 is 2.57 bits per heavy atom. The zero-order valence-electron chi connectivity index (χ0n) is 8.04. The molecule has 1 N–H and O–H groups in total. The van der Waals surface area contributed by atoms with Gasteiger partial charge in [-0.25, -0.2) is 0 Å². The van der Waals surface area contributed by atoms with E-state index in [1.165, 1.54) is 11.8 Å². The molecule has 0 aliphatic heterocycles. The fourth-order valence-electron chi connectivity index (χ4n) is 1.14. The Morgan fingerprint density at radius 2 is 2.07 bits per heavy atom. The van der Waals surface area contributed by atoms with Crippen molar-refractivity contribution in [2.75, 3.05) is 6.26 Å². The third kappa shape index (κ3) is 3.00. The van der Waals surface area contributed by atoms with Crippen LogP contribution in [0.5, 0.6) is 0 Å². The number of thioether (sulfide) groups is 1. The monoisotopic (exact) mass is 206 g/mol. The molecule has 1 radical (unpaired) electrons. The molecule has 14 heavy (non-hydrogen) atoms. The zero-order chi connectivity index (χ0) is 10.4. The average Bonchev–Trinajstić information content (AvgIpc) is 2.26. The Balaban J connectivity index is 2.68. The standard InChI is InChI=1S/C11H12NOS/c1-14-11(12)10-6-4-9(5-7-10)3-2-8-13/h4-7,12H,2-3H2,1H3. The molecule has 0 aliphatic rings. The Bertz CT molecular complexity index is 319. The number of benzene rings is 1. The van der Waals surface area contributed by atoms with E-state index in [0.29, 0.717) is 11.5 Å². The molecule has 0 bridgehead atoms. The van der Waals surface area contributed by atoms with Gasteiger partial charge in [0.25, 0.3) is 0 Å². The smallest absolute Gasteiger partial charge is 0.198 e. The summed E-state index contributed by atoms with van der Waals surface area (Å²) in [6.45, 7) is 0. The Morgan fingerprint density at radius 1 is 1.43 bits per heavy atom. The molecule has 0 saturated heterocycles. The van der Waals surface area contributed by atoms with Crippen LogP contribution in [0.3, 0.4) is 0 Å². The van der Waals surface area contributed by atoms with Crippen LogP contribution in [0.4, 0.5) is 0 Å². The molecule has 2 nitrogen and oxygen atoms in total. The van der Waals surface area contributed by atoms with Gasteiger partial charge in [-0.15, -0.1) is 11.8 Å². The molecule has 73 valence electrons. The van der Waals surface area contributed by atoms with Gasteiger partial charge in [0.15, 0.2) is 6.29 Å². The lowest BCUT2D eigenvalue weighted by molar-refractivity contribution is 0.551. The van der Waals surface area contributed by atoms with Gasteiger partial charge in [0.1, 0.15) is 0 Å². The van der Waals surface area contributed by atoms with Crippen LogP contribution in [0.25, 0.3) is 0 Å². The van der Waals surface area contributed by atoms with Gasteiger partial charge in [0, 0.05) is 12.0 Å². The van der Waals surface area contributed by atoms with Crippen LogP contribution in [0, 0.1) is 5.41 Å². The SMILES string of the molecule is CSC(=N)c1ccc(CC[C]=O)cc1. The Hall–Kier alpha value is -1.09. The normalized spacial score (nSPS) is 9.79. The van der Waals surface area contributed by atoms with Gasteiger partial charge in [-0.1, -0.05) is 24.3 Å². The lowest BCUT2D eigenvalue weighted by Gasteiger charge is -2.01. The van der Waals surface area contributed by atoms with Gasteiger partial charge in [-0.05, 0) is 18.2 Å². The predicted molar refractivity (Wildman–Crippen MR) is 60.8 cm³/mol. The second-order valence-electron chi connectivity index (χ2n) is 2.87. The van der Waals surface area contributed by atoms with Gasteiger partial charge in [0.05, 0.1) is 5.04 Å². The summed E-state index contributed by atoms with van der Waals surface area (Å²) in [5, 5.41) is 8.16. The van der Waals surface area contributed by atoms with Crippen LogP contribution in [-0.2, 0) is 11.2 Å². The van der Waals surface area contributed by atoms with E-state index in [4.69, 9.17) is 5.41 Å². The van der Waals surface area contributed by atoms with Crippen molar-refractivity contribution >= 4 is 23.1 Å². The average molecular weight is 206 g/mol. The highest BCUT2D eigenvalue weighted by molar-refractivity contribution is 8.13. The quantitative estimate of drug-likeness (QED) is 0.607. The second-order valence-corrected chi connectivity index (χ2v) is 3.69. The molecule has 1 aromatic rings. The van der Waals surface area contributed by atoms with Gasteiger partial charge in [0.2, 0.25) is 0 Å². The van der Waals surface area contributed by atoms with Gasteiger partial charge >= 0.3 is 0 Å². The van der Waals surface area contributed by atoms with Crippen LogP contribution >= 0.6 is 11.8 Å². The van der Waals surface area contributed by atoms with Crippen molar-refractivity contribution in [3.8, 4) is 0 Å². The maximum Gasteiger partial charge on any atom is 0.198 e. The van der Waals surface area contributed by atoms with Crippen molar-refractivity contribution in [3.05, 3.63) is 35.4 Å². The highest BCUT2D eigenvalue weighted by Gasteiger charge is 1.99. The summed E-state index contributed by atoms with van der Waals surface area (Å²) in [4.78, 5) is 10.0. The first-order chi connectivity index (χ1) is 6.77. The molecule has 0 spiro atoms. The molecule has 1 rings (SSSR count). The summed E-state index contributed by atoms with van der Waals surface area (Å²) in [7, 11) is 0. The van der Waals surface area contributed by atoms with E-state index in [0.717, 1.165) is 17.5 Å². The van der Waals surface area contributed by atoms with Crippen LogP contribution in [0.15, 0.2) is 24.3 Å². The van der Waals surface area contributed by atoms with E-state index in [2.05, 4.69) is 0 Å². The third-order valence-corrected chi connectivity index (χ3v) is 2.58. The fourth-order valence-corrected chi connectivity index (χ4v) is 1.51. The number of rotatable bonds is 4. The summed E-state index contributed by atoms with van der Waals surface area (Å²) in [5.41, 5.74) is 2.04. The molecule has 0 fully saturated rings. The summed E-state index contributed by atoms with van der Waals surface area (Å²) in [6, 6.07) is 7.74. The largest absolute Gasteiger partial charge is 0.293 e. The molecule has 0 saturated carbocycles. The first-order valence-corrected chi connectivity index (χ1v) is 5.57. The van der Waals surface area contributed by atoms with Crippen molar-refractivity contribution in [2.45, 2.75) is 12.8 Å².